The number of carbonyl (C=O) groups is 3. The van der Waals surface area contributed by atoms with Gasteiger partial charge in [-0.2, -0.15) is 0 Å². The Hall–Kier alpha value is -3.53. The molecule has 0 spiro atoms. The number of nitrogens with one attached hydrogen (secondary N) is 1. The van der Waals surface area contributed by atoms with Crippen LogP contribution in [0.3, 0.4) is 0 Å². The molecule has 3 aromatic rings. The summed E-state index contributed by atoms with van der Waals surface area (Å²) in [5, 5.41) is 14.7. The summed E-state index contributed by atoms with van der Waals surface area (Å²) in [5.41, 5.74) is 1.93. The Labute approximate surface area is 237 Å². The summed E-state index contributed by atoms with van der Waals surface area (Å²) in [7, 11) is -4.05. The number of hydrogen-bond donors (Lipinski definition) is 3. The molecule has 2 unspecified atom stereocenters. The highest BCUT2D eigenvalue weighted by Gasteiger charge is 2.36. The second-order valence-electron chi connectivity index (χ2n) is 9.86. The molecule has 0 radical (unpaired) electrons. The molecule has 0 saturated carbocycles. The molecule has 3 atom stereocenters. The average molecular weight is 588 g/mol. The zero-order valence-electron chi connectivity index (χ0n) is 22.6. The minimum atomic E-state index is -4.05. The molecule has 0 aliphatic rings. The summed E-state index contributed by atoms with van der Waals surface area (Å²) in [5.74, 6) is -2.77. The van der Waals surface area contributed by atoms with E-state index in [-0.39, 0.29) is 18.9 Å². The molecule has 0 fully saturated rings. The third-order valence-corrected chi connectivity index (χ3v) is 8.59. The lowest BCUT2D eigenvalue weighted by atomic mass is 9.96. The van der Waals surface area contributed by atoms with Crippen LogP contribution in [-0.4, -0.2) is 51.4 Å². The number of alkyl carbamates (subject to hydrolysis) is 1. The monoisotopic (exact) mass is 587 g/mol. The molecule has 2 aromatic carbocycles. The molecule has 10 nitrogen and oxygen atoms in total. The highest BCUT2D eigenvalue weighted by molar-refractivity contribution is 7.58. The normalized spacial score (nSPS) is 14.1. The first-order valence-electron chi connectivity index (χ1n) is 12.8. The van der Waals surface area contributed by atoms with E-state index in [1.807, 2.05) is 25.3 Å². The van der Waals surface area contributed by atoms with Gasteiger partial charge in [0.25, 0.3) is 0 Å². The van der Waals surface area contributed by atoms with Crippen LogP contribution in [0.15, 0.2) is 66.2 Å². The maximum absolute atomic E-state index is 13.8. The number of aromatic nitrogens is 1. The fraction of sp³-hybridized carbons (Fsp3) is 0.357. The van der Waals surface area contributed by atoms with Gasteiger partial charge in [0.1, 0.15) is 17.7 Å². The minimum Gasteiger partial charge on any atom is -0.480 e. The van der Waals surface area contributed by atoms with E-state index in [2.05, 4.69) is 10.3 Å². The molecule has 3 rings (SSSR count). The van der Waals surface area contributed by atoms with Crippen LogP contribution >= 0.6 is 18.7 Å². The van der Waals surface area contributed by atoms with Gasteiger partial charge in [-0.1, -0.05) is 44.2 Å². The van der Waals surface area contributed by atoms with Crippen molar-refractivity contribution in [2.24, 2.45) is 11.8 Å². The Bertz CT molecular complexity index is 1320. The lowest BCUT2D eigenvalue weighted by molar-refractivity contribution is -0.140. The van der Waals surface area contributed by atoms with E-state index in [0.29, 0.717) is 5.69 Å². The molecule has 1 aromatic heterocycles. The Morgan fingerprint density at radius 1 is 1.07 bits per heavy atom. The van der Waals surface area contributed by atoms with Gasteiger partial charge < -0.3 is 20.1 Å². The Kier molecular flexibility index (Phi) is 11.0. The Morgan fingerprint density at radius 3 is 2.33 bits per heavy atom. The van der Waals surface area contributed by atoms with Gasteiger partial charge in [-0.25, -0.2) is 14.6 Å². The van der Waals surface area contributed by atoms with Crippen molar-refractivity contribution in [3.8, 4) is 10.6 Å². The molecule has 0 aliphatic carbocycles. The first-order chi connectivity index (χ1) is 19.0. The number of carboxylic acid groups (broad SMARTS) is 1. The lowest BCUT2D eigenvalue weighted by Gasteiger charge is -2.32. The first-order valence-corrected chi connectivity index (χ1v) is 15.7. The van der Waals surface area contributed by atoms with Crippen molar-refractivity contribution in [2.75, 3.05) is 17.3 Å². The standard InChI is InChI=1S/C28H34N3O7PS/c1-19(2)15-23(17-39(36,37)18-30-28(35)38-16-21-7-5-4-6-8-21)26(32)31(20(3)27(33)34)24-11-9-22(10-12-24)25-29-13-14-40-25/h4-14,19-20,23H,15-18H2,1-3H3,(H,30,35)(H,33,34)(H,36,37)/t20-,23?/m0/s1. The maximum Gasteiger partial charge on any atom is 0.407 e. The number of benzene rings is 2. The number of hydrogen-bond acceptors (Lipinski definition) is 7. The summed E-state index contributed by atoms with van der Waals surface area (Å²) in [4.78, 5) is 54.1. The first kappa shape index (κ1) is 31.0. The van der Waals surface area contributed by atoms with Gasteiger partial charge in [0.05, 0.1) is 6.29 Å². The third kappa shape index (κ3) is 9.01. The van der Waals surface area contributed by atoms with Gasteiger partial charge in [0.15, 0.2) is 0 Å². The second kappa shape index (κ2) is 14.2. The van der Waals surface area contributed by atoms with Crippen molar-refractivity contribution in [1.29, 1.82) is 0 Å². The predicted molar refractivity (Wildman–Crippen MR) is 154 cm³/mol. The van der Waals surface area contributed by atoms with Crippen LogP contribution in [0.4, 0.5) is 10.5 Å². The molecule has 0 aliphatic heterocycles. The quantitative estimate of drug-likeness (QED) is 0.224. The number of anilines is 1. The summed E-state index contributed by atoms with van der Waals surface area (Å²) >= 11 is 1.45. The van der Waals surface area contributed by atoms with Gasteiger partial charge in [0.2, 0.25) is 13.3 Å². The van der Waals surface area contributed by atoms with Crippen LogP contribution in [0.2, 0.25) is 0 Å². The SMILES string of the molecule is CC(C)CC(CP(=O)(O)CNC(=O)OCc1ccccc1)C(=O)N(c1ccc(-c2nccs2)cc1)[C@@H](C)C(=O)O. The number of carboxylic acids is 1. The van der Waals surface area contributed by atoms with Gasteiger partial charge in [-0.15, -0.1) is 11.3 Å². The molecule has 3 N–H and O–H groups in total. The van der Waals surface area contributed by atoms with Crippen LogP contribution in [0.25, 0.3) is 10.6 Å². The van der Waals surface area contributed by atoms with E-state index in [0.717, 1.165) is 21.0 Å². The summed E-state index contributed by atoms with van der Waals surface area (Å²) in [6, 6.07) is 14.6. The Balaban J connectivity index is 1.74. The van der Waals surface area contributed by atoms with Crippen molar-refractivity contribution < 1.29 is 33.7 Å². The van der Waals surface area contributed by atoms with Gasteiger partial charge >= 0.3 is 12.1 Å². The number of thiazole rings is 1. The van der Waals surface area contributed by atoms with E-state index < -0.39 is 49.7 Å². The lowest BCUT2D eigenvalue weighted by Crippen LogP contribution is -2.47. The maximum atomic E-state index is 13.8. The highest BCUT2D eigenvalue weighted by atomic mass is 32.1. The van der Waals surface area contributed by atoms with Crippen molar-refractivity contribution >= 4 is 42.4 Å². The van der Waals surface area contributed by atoms with Crippen LogP contribution in [0.5, 0.6) is 0 Å². The minimum absolute atomic E-state index is 0.000235. The van der Waals surface area contributed by atoms with Gasteiger partial charge in [0, 0.05) is 34.9 Å². The fourth-order valence-electron chi connectivity index (χ4n) is 4.17. The second-order valence-corrected chi connectivity index (χ2v) is 13.1. The smallest absolute Gasteiger partial charge is 0.407 e. The molecular weight excluding hydrogens is 553 g/mol. The van der Waals surface area contributed by atoms with Crippen LogP contribution < -0.4 is 10.2 Å². The molecule has 214 valence electrons. The number of ether oxygens (including phenoxy) is 1. The summed E-state index contributed by atoms with van der Waals surface area (Å²) < 4.78 is 18.2. The zero-order chi connectivity index (χ0) is 29.3. The molecule has 2 amide bonds. The third-order valence-electron chi connectivity index (χ3n) is 6.10. The van der Waals surface area contributed by atoms with Crippen molar-refractivity contribution in [3.63, 3.8) is 0 Å². The van der Waals surface area contributed by atoms with E-state index >= 15 is 0 Å². The largest absolute Gasteiger partial charge is 0.480 e. The summed E-state index contributed by atoms with van der Waals surface area (Å²) in [6.45, 7) is 5.13. The number of nitrogens with zero attached hydrogens (tertiary/aromatic N) is 2. The van der Waals surface area contributed by atoms with Crippen LogP contribution in [0.1, 0.15) is 32.8 Å². The fourth-order valence-corrected chi connectivity index (χ4v) is 6.32. The van der Waals surface area contributed by atoms with E-state index in [1.165, 1.54) is 18.3 Å². The van der Waals surface area contributed by atoms with Gasteiger partial charge in [-0.3, -0.25) is 14.3 Å². The average Bonchev–Trinajstić information content (AvgIpc) is 3.46. The Morgan fingerprint density at radius 2 is 1.75 bits per heavy atom. The zero-order valence-corrected chi connectivity index (χ0v) is 24.3. The van der Waals surface area contributed by atoms with Gasteiger partial charge in [-0.05, 0) is 49.1 Å². The predicted octanol–water partition coefficient (Wildman–Crippen LogP) is 5.43. The van der Waals surface area contributed by atoms with Crippen LogP contribution in [0, 0.1) is 11.8 Å². The molecule has 1 heterocycles. The molecule has 40 heavy (non-hydrogen) atoms. The highest BCUT2D eigenvalue weighted by Crippen LogP contribution is 2.43. The topological polar surface area (TPSA) is 146 Å². The number of aliphatic carboxylic acids is 1. The number of rotatable bonds is 13. The molecular formula is C28H34N3O7PS. The molecule has 0 bridgehead atoms. The summed E-state index contributed by atoms with van der Waals surface area (Å²) in [6.07, 6.45) is 0.0635. The van der Waals surface area contributed by atoms with E-state index in [9.17, 15) is 28.9 Å². The molecule has 0 saturated heterocycles. The van der Waals surface area contributed by atoms with E-state index in [4.69, 9.17) is 4.74 Å². The number of amides is 2. The molecule has 12 heteroatoms. The van der Waals surface area contributed by atoms with Crippen molar-refractivity contribution in [2.45, 2.75) is 39.8 Å². The number of carbonyl (C=O) groups excluding carboxylic acids is 2. The van der Waals surface area contributed by atoms with Crippen molar-refractivity contribution in [3.05, 3.63) is 71.7 Å². The van der Waals surface area contributed by atoms with Crippen LogP contribution in [-0.2, 0) is 25.5 Å². The van der Waals surface area contributed by atoms with Crippen molar-refractivity contribution in [1.82, 2.24) is 10.3 Å². The van der Waals surface area contributed by atoms with E-state index in [1.54, 1.807) is 54.7 Å².